The van der Waals surface area contributed by atoms with Gasteiger partial charge in [0.1, 0.15) is 0 Å². The minimum absolute atomic E-state index is 0.0770. The quantitative estimate of drug-likeness (QED) is 0.420. The zero-order valence-corrected chi connectivity index (χ0v) is 22.3. The third-order valence-electron chi connectivity index (χ3n) is 9.38. The standard InChI is InChI=1S/C28H35ClO7/c1-6-23(33)35-15-22(32)28(36-24(34)7-2)16(3)12-20-19-9-8-17-13-18(30)10-11-25(17,4)27(19,29)21(31)14-26(20,28)5/h8-11,13,16,19-21,31H,6-7,12,14-15H2,1-5H3/t16-,19-,20-,21-,25-,26-,27-,28+/m0/s1. The fourth-order valence-electron chi connectivity index (χ4n) is 7.47. The molecule has 8 atom stereocenters. The molecule has 0 saturated heterocycles. The molecule has 7 nitrogen and oxygen atoms in total. The Kier molecular flexibility index (Phi) is 6.66. The van der Waals surface area contributed by atoms with Gasteiger partial charge < -0.3 is 14.6 Å². The number of rotatable bonds is 6. The van der Waals surface area contributed by atoms with Crippen LogP contribution in [0.5, 0.6) is 0 Å². The van der Waals surface area contributed by atoms with Crippen molar-refractivity contribution in [2.75, 3.05) is 6.61 Å². The number of alkyl halides is 1. The minimum atomic E-state index is -1.58. The second-order valence-corrected chi connectivity index (χ2v) is 11.7. The molecule has 0 unspecified atom stereocenters. The first-order valence-electron chi connectivity index (χ1n) is 12.7. The van der Waals surface area contributed by atoms with Crippen molar-refractivity contribution in [2.45, 2.75) is 76.9 Å². The van der Waals surface area contributed by atoms with Crippen LogP contribution >= 0.6 is 11.6 Å². The molecule has 0 bridgehead atoms. The molecule has 0 amide bonds. The maximum absolute atomic E-state index is 13.8. The molecule has 0 aromatic carbocycles. The van der Waals surface area contributed by atoms with E-state index in [0.29, 0.717) is 6.42 Å². The van der Waals surface area contributed by atoms with Crippen LogP contribution < -0.4 is 0 Å². The van der Waals surface area contributed by atoms with E-state index in [1.807, 2.05) is 32.9 Å². The van der Waals surface area contributed by atoms with Crippen LogP contribution in [-0.4, -0.2) is 51.8 Å². The summed E-state index contributed by atoms with van der Waals surface area (Å²) in [6, 6.07) is 0. The number of esters is 2. The number of ketones is 2. The largest absolute Gasteiger partial charge is 0.457 e. The van der Waals surface area contributed by atoms with E-state index in [0.717, 1.165) is 5.57 Å². The van der Waals surface area contributed by atoms with Gasteiger partial charge in [0.25, 0.3) is 0 Å². The molecule has 1 N–H and O–H groups in total. The number of allylic oxidation sites excluding steroid dienone is 6. The molecule has 0 radical (unpaired) electrons. The van der Waals surface area contributed by atoms with Crippen LogP contribution in [0.2, 0.25) is 0 Å². The van der Waals surface area contributed by atoms with Gasteiger partial charge in [0.05, 0.1) is 11.0 Å². The number of fused-ring (bicyclic) bond motifs is 5. The SMILES string of the molecule is CCC(=O)OCC(=O)[C@]1(OC(=O)CC)[C@@H](C)C[C@H]2[C@@H]3C=CC4=CC(=O)C=C[C@]4(C)[C@@]3(Cl)[C@@H](O)C[C@@]21C. The first kappa shape index (κ1) is 26.8. The fraction of sp³-hybridized carbons (Fsp3) is 0.643. The summed E-state index contributed by atoms with van der Waals surface area (Å²) in [5, 5.41) is 11.7. The Morgan fingerprint density at radius 2 is 1.81 bits per heavy atom. The minimum Gasteiger partial charge on any atom is -0.457 e. The van der Waals surface area contributed by atoms with E-state index in [4.69, 9.17) is 21.1 Å². The molecule has 196 valence electrons. The van der Waals surface area contributed by atoms with Gasteiger partial charge in [-0.2, -0.15) is 0 Å². The third-order valence-corrected chi connectivity index (χ3v) is 10.3. The topological polar surface area (TPSA) is 107 Å². The smallest absolute Gasteiger partial charge is 0.306 e. The van der Waals surface area contributed by atoms with Gasteiger partial charge in [-0.25, -0.2) is 0 Å². The number of halogens is 1. The Morgan fingerprint density at radius 1 is 1.14 bits per heavy atom. The van der Waals surface area contributed by atoms with Gasteiger partial charge >= 0.3 is 11.9 Å². The average molecular weight is 519 g/mol. The van der Waals surface area contributed by atoms with Crippen LogP contribution in [0, 0.1) is 28.6 Å². The Hall–Kier alpha value is -2.25. The van der Waals surface area contributed by atoms with Crippen molar-refractivity contribution in [1.82, 2.24) is 0 Å². The van der Waals surface area contributed by atoms with E-state index in [1.165, 1.54) is 6.08 Å². The Morgan fingerprint density at radius 3 is 2.44 bits per heavy atom. The number of aliphatic hydroxyl groups excluding tert-OH is 1. The number of hydrogen-bond acceptors (Lipinski definition) is 7. The molecular formula is C28H35ClO7. The zero-order valence-electron chi connectivity index (χ0n) is 21.5. The van der Waals surface area contributed by atoms with Gasteiger partial charge in [-0.15, -0.1) is 11.6 Å². The molecule has 36 heavy (non-hydrogen) atoms. The first-order chi connectivity index (χ1) is 16.8. The second-order valence-electron chi connectivity index (χ2n) is 11.1. The lowest BCUT2D eigenvalue weighted by atomic mass is 9.47. The summed E-state index contributed by atoms with van der Waals surface area (Å²) in [6.45, 7) is 8.46. The summed E-state index contributed by atoms with van der Waals surface area (Å²) >= 11 is 7.43. The second kappa shape index (κ2) is 8.95. The number of hydrogen-bond donors (Lipinski definition) is 1. The number of aliphatic hydroxyl groups is 1. The fourth-order valence-corrected chi connectivity index (χ4v) is 7.95. The lowest BCUT2D eigenvalue weighted by Crippen LogP contribution is -2.69. The molecule has 4 rings (SSSR count). The molecule has 0 aliphatic heterocycles. The molecule has 4 aliphatic rings. The molecule has 2 fully saturated rings. The summed E-state index contributed by atoms with van der Waals surface area (Å²) in [6.07, 6.45) is 8.37. The molecule has 0 aromatic rings. The van der Waals surface area contributed by atoms with Crippen LogP contribution in [0.3, 0.4) is 0 Å². The maximum Gasteiger partial charge on any atom is 0.306 e. The number of Topliss-reactive ketones (excluding diaryl/α,β-unsaturated/α-hetero) is 1. The van der Waals surface area contributed by atoms with E-state index in [-0.39, 0.29) is 36.9 Å². The first-order valence-corrected chi connectivity index (χ1v) is 13.1. The highest BCUT2D eigenvalue weighted by atomic mass is 35.5. The van der Waals surface area contributed by atoms with E-state index >= 15 is 0 Å². The number of ether oxygens (including phenoxy) is 2. The summed E-state index contributed by atoms with van der Waals surface area (Å²) in [7, 11) is 0. The normalized spacial score (nSPS) is 42.6. The van der Waals surface area contributed by atoms with Crippen LogP contribution in [0.4, 0.5) is 0 Å². The monoisotopic (exact) mass is 518 g/mol. The Bertz CT molecular complexity index is 1090. The Balaban J connectivity index is 1.83. The van der Waals surface area contributed by atoms with Crippen molar-refractivity contribution in [3.05, 3.63) is 36.0 Å². The van der Waals surface area contributed by atoms with E-state index in [9.17, 15) is 24.3 Å². The van der Waals surface area contributed by atoms with Gasteiger partial charge in [-0.1, -0.05) is 52.8 Å². The maximum atomic E-state index is 13.8. The van der Waals surface area contributed by atoms with Crippen molar-refractivity contribution in [1.29, 1.82) is 0 Å². The van der Waals surface area contributed by atoms with Gasteiger partial charge in [0.2, 0.25) is 5.78 Å². The lowest BCUT2D eigenvalue weighted by Gasteiger charge is -2.62. The van der Waals surface area contributed by atoms with Gasteiger partial charge in [-0.3, -0.25) is 19.2 Å². The van der Waals surface area contributed by atoms with Crippen LogP contribution in [0.1, 0.15) is 60.3 Å². The zero-order chi connectivity index (χ0) is 26.7. The van der Waals surface area contributed by atoms with Crippen molar-refractivity contribution in [3.63, 3.8) is 0 Å². The van der Waals surface area contributed by atoms with Gasteiger partial charge in [0, 0.05) is 35.5 Å². The Labute approximate surface area is 216 Å². The van der Waals surface area contributed by atoms with E-state index in [1.54, 1.807) is 26.0 Å². The molecule has 0 spiro atoms. The molecular weight excluding hydrogens is 484 g/mol. The van der Waals surface area contributed by atoms with Gasteiger partial charge in [0.15, 0.2) is 18.0 Å². The van der Waals surface area contributed by atoms with Crippen molar-refractivity contribution < 1.29 is 33.8 Å². The number of carbonyl (C=O) groups excluding carboxylic acids is 4. The predicted molar refractivity (Wildman–Crippen MR) is 133 cm³/mol. The van der Waals surface area contributed by atoms with Crippen molar-refractivity contribution >= 4 is 35.1 Å². The summed E-state index contributed by atoms with van der Waals surface area (Å²) in [5.74, 6) is -2.64. The summed E-state index contributed by atoms with van der Waals surface area (Å²) < 4.78 is 11.2. The van der Waals surface area contributed by atoms with Crippen molar-refractivity contribution in [2.24, 2.45) is 28.6 Å². The summed E-state index contributed by atoms with van der Waals surface area (Å²) in [5.41, 5.74) is -2.62. The highest BCUT2D eigenvalue weighted by molar-refractivity contribution is 6.26. The molecule has 8 heteroatoms. The predicted octanol–water partition coefficient (Wildman–Crippen LogP) is 3.86. The van der Waals surface area contributed by atoms with Crippen LogP contribution in [0.15, 0.2) is 36.0 Å². The van der Waals surface area contributed by atoms with Crippen molar-refractivity contribution in [3.8, 4) is 0 Å². The van der Waals surface area contributed by atoms with E-state index in [2.05, 4.69) is 0 Å². The molecule has 0 aromatic heterocycles. The number of carbonyl (C=O) groups is 4. The van der Waals surface area contributed by atoms with Crippen LogP contribution in [-0.2, 0) is 28.7 Å². The lowest BCUT2D eigenvalue weighted by molar-refractivity contribution is -0.201. The highest BCUT2D eigenvalue weighted by Gasteiger charge is 2.76. The highest BCUT2D eigenvalue weighted by Crippen LogP contribution is 2.71. The molecule has 4 aliphatic carbocycles. The van der Waals surface area contributed by atoms with Gasteiger partial charge in [-0.05, 0) is 36.5 Å². The summed E-state index contributed by atoms with van der Waals surface area (Å²) in [4.78, 5) is 49.3. The molecule has 0 heterocycles. The molecule has 2 saturated carbocycles. The van der Waals surface area contributed by atoms with Crippen LogP contribution in [0.25, 0.3) is 0 Å². The third kappa shape index (κ3) is 3.42. The van der Waals surface area contributed by atoms with E-state index < -0.39 is 57.7 Å². The average Bonchev–Trinajstić information content (AvgIpc) is 3.05.